The van der Waals surface area contributed by atoms with Gasteiger partial charge in [-0.05, 0) is 39.0 Å². The highest BCUT2D eigenvalue weighted by Crippen LogP contribution is 2.13. The fourth-order valence-corrected chi connectivity index (χ4v) is 3.32. The van der Waals surface area contributed by atoms with E-state index in [0.29, 0.717) is 0 Å². The van der Waals surface area contributed by atoms with Crippen molar-refractivity contribution in [1.82, 2.24) is 24.9 Å². The van der Waals surface area contributed by atoms with E-state index in [1.165, 1.54) is 5.69 Å². The predicted octanol–water partition coefficient (Wildman–Crippen LogP) is 1.52. The zero-order chi connectivity index (χ0) is 17.6. The van der Waals surface area contributed by atoms with Crippen molar-refractivity contribution in [3.8, 4) is 0 Å². The summed E-state index contributed by atoms with van der Waals surface area (Å²) in [6.07, 6.45) is 1.89. The molecule has 2 aromatic heterocycles. The van der Waals surface area contributed by atoms with Gasteiger partial charge in [0, 0.05) is 44.6 Å². The third-order valence-electron chi connectivity index (χ3n) is 4.64. The molecule has 3 heterocycles. The van der Waals surface area contributed by atoms with Crippen molar-refractivity contribution in [3.05, 3.63) is 35.8 Å². The second kappa shape index (κ2) is 8.40. The monoisotopic (exact) mass is 344 g/mol. The van der Waals surface area contributed by atoms with Gasteiger partial charge in [-0.1, -0.05) is 0 Å². The van der Waals surface area contributed by atoms with Gasteiger partial charge in [0.2, 0.25) is 0 Å². The maximum atomic E-state index is 5.99. The van der Waals surface area contributed by atoms with E-state index in [9.17, 15) is 0 Å². The molecule has 25 heavy (non-hydrogen) atoms. The Morgan fingerprint density at radius 2 is 2.20 bits per heavy atom. The first kappa shape index (κ1) is 17.8. The average molecular weight is 344 g/mol. The molecule has 0 amide bonds. The van der Waals surface area contributed by atoms with Gasteiger partial charge in [-0.25, -0.2) is 0 Å². The van der Waals surface area contributed by atoms with E-state index in [-0.39, 0.29) is 6.10 Å². The molecule has 7 nitrogen and oxygen atoms in total. The molecule has 0 aromatic carbocycles. The summed E-state index contributed by atoms with van der Waals surface area (Å²) in [6, 6.07) is 6.05. The molecule has 0 radical (unpaired) electrons. The average Bonchev–Trinajstić information content (AvgIpc) is 2.96. The number of hydrogen-bond donors (Lipinski definition) is 0. The third kappa shape index (κ3) is 4.76. The van der Waals surface area contributed by atoms with Crippen molar-refractivity contribution in [2.75, 3.05) is 44.2 Å². The van der Waals surface area contributed by atoms with Crippen LogP contribution in [0.3, 0.4) is 0 Å². The summed E-state index contributed by atoms with van der Waals surface area (Å²) >= 11 is 0. The van der Waals surface area contributed by atoms with Crippen LogP contribution in [0.1, 0.15) is 18.3 Å². The zero-order valence-electron chi connectivity index (χ0n) is 15.4. The Bertz CT molecular complexity index is 659. The number of hydrogen-bond acceptors (Lipinski definition) is 6. The molecule has 0 N–H and O–H groups in total. The summed E-state index contributed by atoms with van der Waals surface area (Å²) in [7, 11) is 0. The lowest BCUT2D eigenvalue weighted by atomic mass is 10.2. The number of nitrogens with zero attached hydrogens (tertiary/aromatic N) is 6. The Balaban J connectivity index is 1.53. The lowest BCUT2D eigenvalue weighted by Crippen LogP contribution is -2.48. The molecule has 2 aromatic rings. The molecule has 1 fully saturated rings. The molecule has 1 aliphatic rings. The molecule has 7 heteroatoms. The first-order valence-electron chi connectivity index (χ1n) is 9.03. The van der Waals surface area contributed by atoms with Crippen molar-refractivity contribution in [2.45, 2.75) is 33.4 Å². The van der Waals surface area contributed by atoms with Crippen LogP contribution in [0, 0.1) is 13.8 Å². The minimum atomic E-state index is 0.191. The number of rotatable bonds is 7. The Morgan fingerprint density at radius 1 is 1.32 bits per heavy atom. The molecule has 1 aliphatic heterocycles. The minimum absolute atomic E-state index is 0.191. The number of likely N-dealkylation sites (N-methyl/N-ethyl adjacent to an activating group) is 1. The molecule has 0 unspecified atom stereocenters. The molecular formula is C18H28N6O. The van der Waals surface area contributed by atoms with Crippen molar-refractivity contribution >= 4 is 5.82 Å². The Labute approximate surface area is 149 Å². The SMILES string of the molecule is CCN(C[C@@H]1CN(CCn2nc(C)cc2C)CCO1)c1cccnn1. The molecule has 0 bridgehead atoms. The molecule has 0 aliphatic carbocycles. The number of aromatic nitrogens is 4. The van der Waals surface area contributed by atoms with E-state index in [0.717, 1.165) is 57.4 Å². The van der Waals surface area contributed by atoms with Crippen LogP contribution in [0.4, 0.5) is 5.82 Å². The van der Waals surface area contributed by atoms with Crippen LogP contribution >= 0.6 is 0 Å². The van der Waals surface area contributed by atoms with Gasteiger partial charge in [0.1, 0.15) is 0 Å². The van der Waals surface area contributed by atoms with Gasteiger partial charge in [0.15, 0.2) is 5.82 Å². The van der Waals surface area contributed by atoms with Gasteiger partial charge in [-0.15, -0.1) is 5.10 Å². The zero-order valence-corrected chi connectivity index (χ0v) is 15.4. The van der Waals surface area contributed by atoms with Gasteiger partial charge in [0.05, 0.1) is 24.9 Å². The molecular weight excluding hydrogens is 316 g/mol. The fraction of sp³-hybridized carbons (Fsp3) is 0.611. The van der Waals surface area contributed by atoms with Crippen molar-refractivity contribution < 1.29 is 4.74 Å². The summed E-state index contributed by atoms with van der Waals surface area (Å²) in [5, 5.41) is 12.8. The van der Waals surface area contributed by atoms with Crippen LogP contribution in [-0.4, -0.2) is 70.3 Å². The summed E-state index contributed by atoms with van der Waals surface area (Å²) < 4.78 is 8.08. The highest BCUT2D eigenvalue weighted by Gasteiger charge is 2.23. The van der Waals surface area contributed by atoms with E-state index in [2.05, 4.69) is 49.7 Å². The first-order chi connectivity index (χ1) is 12.2. The second-order valence-corrected chi connectivity index (χ2v) is 6.56. The number of ether oxygens (including phenoxy) is 1. The van der Waals surface area contributed by atoms with Gasteiger partial charge in [0.25, 0.3) is 0 Å². The van der Waals surface area contributed by atoms with E-state index >= 15 is 0 Å². The molecule has 1 saturated heterocycles. The minimum Gasteiger partial charge on any atom is -0.374 e. The lowest BCUT2D eigenvalue weighted by molar-refractivity contribution is -0.0251. The smallest absolute Gasteiger partial charge is 0.151 e. The van der Waals surface area contributed by atoms with Crippen LogP contribution in [0.15, 0.2) is 24.4 Å². The summed E-state index contributed by atoms with van der Waals surface area (Å²) in [5.74, 6) is 0.911. The largest absolute Gasteiger partial charge is 0.374 e. The van der Waals surface area contributed by atoms with Crippen molar-refractivity contribution in [3.63, 3.8) is 0 Å². The Morgan fingerprint density at radius 3 is 2.88 bits per heavy atom. The standard InChI is InChI=1S/C18H28N6O/c1-4-23(18-6-5-7-19-20-18)14-17-13-22(10-11-25-17)8-9-24-16(3)12-15(2)21-24/h5-7,12,17H,4,8-11,13-14H2,1-3H3/t17-/m0/s1. The number of aryl methyl sites for hydroxylation is 2. The molecule has 0 spiro atoms. The van der Waals surface area contributed by atoms with E-state index < -0.39 is 0 Å². The van der Waals surface area contributed by atoms with Crippen LogP contribution in [0.2, 0.25) is 0 Å². The maximum absolute atomic E-state index is 5.99. The predicted molar refractivity (Wildman–Crippen MR) is 97.8 cm³/mol. The normalized spacial score (nSPS) is 18.4. The molecule has 0 saturated carbocycles. The van der Waals surface area contributed by atoms with Gasteiger partial charge >= 0.3 is 0 Å². The van der Waals surface area contributed by atoms with Gasteiger partial charge < -0.3 is 9.64 Å². The fourth-order valence-electron chi connectivity index (χ4n) is 3.32. The van der Waals surface area contributed by atoms with Crippen LogP contribution in [0.5, 0.6) is 0 Å². The van der Waals surface area contributed by atoms with Gasteiger partial charge in [-0.3, -0.25) is 9.58 Å². The quantitative estimate of drug-likeness (QED) is 0.759. The molecule has 1 atom stereocenters. The Kier molecular flexibility index (Phi) is 5.99. The number of anilines is 1. The van der Waals surface area contributed by atoms with Crippen molar-refractivity contribution in [2.24, 2.45) is 0 Å². The van der Waals surface area contributed by atoms with Crippen LogP contribution in [0.25, 0.3) is 0 Å². The summed E-state index contributed by atoms with van der Waals surface area (Å²) in [6.45, 7) is 12.6. The second-order valence-electron chi connectivity index (χ2n) is 6.56. The highest BCUT2D eigenvalue weighted by atomic mass is 16.5. The number of morpholine rings is 1. The van der Waals surface area contributed by atoms with E-state index in [1.807, 2.05) is 19.1 Å². The van der Waals surface area contributed by atoms with Crippen LogP contribution in [-0.2, 0) is 11.3 Å². The summed E-state index contributed by atoms with van der Waals surface area (Å²) in [5.41, 5.74) is 2.31. The van der Waals surface area contributed by atoms with E-state index in [1.54, 1.807) is 6.20 Å². The Hall–Kier alpha value is -1.99. The topological polar surface area (TPSA) is 59.3 Å². The molecule has 3 rings (SSSR count). The lowest BCUT2D eigenvalue weighted by Gasteiger charge is -2.35. The maximum Gasteiger partial charge on any atom is 0.151 e. The molecule has 136 valence electrons. The van der Waals surface area contributed by atoms with Gasteiger partial charge in [-0.2, -0.15) is 10.2 Å². The van der Waals surface area contributed by atoms with Crippen LogP contribution < -0.4 is 4.90 Å². The highest BCUT2D eigenvalue weighted by molar-refractivity contribution is 5.36. The van der Waals surface area contributed by atoms with Crippen molar-refractivity contribution in [1.29, 1.82) is 0 Å². The van der Waals surface area contributed by atoms with E-state index in [4.69, 9.17) is 4.74 Å². The third-order valence-corrected chi connectivity index (χ3v) is 4.64. The first-order valence-corrected chi connectivity index (χ1v) is 9.03. The summed E-state index contributed by atoms with van der Waals surface area (Å²) in [4.78, 5) is 4.69.